The molecule has 9 heteroatoms. The molecule has 4 aliphatic heterocycles. The number of fused-ring (bicyclic) bond motifs is 4. The summed E-state index contributed by atoms with van der Waals surface area (Å²) in [5.41, 5.74) is 2.39. The van der Waals surface area contributed by atoms with Gasteiger partial charge in [0.25, 0.3) is 5.91 Å². The average Bonchev–Trinajstić information content (AvgIpc) is 3.19. The zero-order valence-corrected chi connectivity index (χ0v) is 16.5. The smallest absolute Gasteiger partial charge is 0.380 e. The number of amides is 2. The maximum Gasteiger partial charge on any atom is 0.389 e. The first-order chi connectivity index (χ1) is 14.9. The van der Waals surface area contributed by atoms with Crippen molar-refractivity contribution in [1.82, 2.24) is 4.67 Å². The summed E-state index contributed by atoms with van der Waals surface area (Å²) in [5.74, 6) is -0.769. The Bertz CT molecular complexity index is 1280. The van der Waals surface area contributed by atoms with Crippen LogP contribution in [0.2, 0.25) is 0 Å². The monoisotopic (exact) mass is 423 g/mol. The van der Waals surface area contributed by atoms with Crippen molar-refractivity contribution >= 4 is 40.5 Å². The van der Waals surface area contributed by atoms with Crippen LogP contribution in [0.25, 0.3) is 0 Å². The van der Waals surface area contributed by atoms with Gasteiger partial charge < -0.3 is 15.0 Å². The fourth-order valence-corrected chi connectivity index (χ4v) is 4.55. The number of halogens is 2. The maximum absolute atomic E-state index is 14.3. The van der Waals surface area contributed by atoms with Gasteiger partial charge in [-0.1, -0.05) is 0 Å². The van der Waals surface area contributed by atoms with Crippen molar-refractivity contribution in [2.45, 2.75) is 19.9 Å². The molecule has 0 aromatic heterocycles. The number of nitrogens with one attached hydrogen (secondary N) is 1. The van der Waals surface area contributed by atoms with Crippen LogP contribution in [0.4, 0.5) is 25.8 Å². The number of ether oxygens (including phenoxy) is 1. The number of hydrogen-bond donors (Lipinski definition) is 1. The van der Waals surface area contributed by atoms with E-state index < -0.39 is 17.5 Å². The molecule has 0 radical (unpaired) electrons. The number of carbonyl (C=O) groups excluding carboxylic acids is 2. The lowest BCUT2D eigenvalue weighted by atomic mass is 9.96. The molecular formula is C22H17F2N4O3+. The molecule has 1 fully saturated rings. The fraction of sp³-hybridized carbons (Fsp3) is 0.273. The third-order valence-electron chi connectivity index (χ3n) is 6.23. The molecule has 1 saturated heterocycles. The standard InChI is InChI=1S/C22H16F2N4O3/c1-10-6-16-17(28-19(11-4-5-31-9-11)26-20(28)21(29)25-16)7-12(10)22(30)27-8-13-14(23)2-3-15(24)18(13)27/h2-3,6-7,11H,4-5,8-9H2,1H3/p+1. The summed E-state index contributed by atoms with van der Waals surface area (Å²) in [6, 6.07) is 5.50. The highest BCUT2D eigenvalue weighted by Gasteiger charge is 2.50. The van der Waals surface area contributed by atoms with Crippen LogP contribution in [-0.4, -0.2) is 36.7 Å². The predicted molar refractivity (Wildman–Crippen MR) is 110 cm³/mol. The molecule has 0 bridgehead atoms. The molecule has 6 rings (SSSR count). The number of amidine groups is 2. The second-order valence-electron chi connectivity index (χ2n) is 8.08. The quantitative estimate of drug-likeness (QED) is 0.751. The fourth-order valence-electron chi connectivity index (χ4n) is 4.55. The highest BCUT2D eigenvalue weighted by atomic mass is 19.1. The molecule has 0 saturated carbocycles. The Morgan fingerprint density at radius 3 is 2.84 bits per heavy atom. The lowest BCUT2D eigenvalue weighted by Crippen LogP contribution is -2.59. The number of hydrogen-bond acceptors (Lipinski definition) is 4. The Morgan fingerprint density at radius 2 is 2.06 bits per heavy atom. The van der Waals surface area contributed by atoms with E-state index in [1.807, 2.05) is 0 Å². The average molecular weight is 423 g/mol. The van der Waals surface area contributed by atoms with Gasteiger partial charge in [-0.3, -0.25) is 9.59 Å². The summed E-state index contributed by atoms with van der Waals surface area (Å²) >= 11 is 0. The molecule has 0 spiro atoms. The van der Waals surface area contributed by atoms with E-state index in [1.54, 1.807) is 24.0 Å². The van der Waals surface area contributed by atoms with E-state index in [0.717, 1.165) is 24.4 Å². The van der Waals surface area contributed by atoms with Gasteiger partial charge >= 0.3 is 17.6 Å². The van der Waals surface area contributed by atoms with Crippen LogP contribution in [0, 0.1) is 24.5 Å². The van der Waals surface area contributed by atoms with Crippen LogP contribution in [0.3, 0.4) is 0 Å². The van der Waals surface area contributed by atoms with Gasteiger partial charge in [0.15, 0.2) is 0 Å². The number of rotatable bonds is 2. The molecule has 1 unspecified atom stereocenters. The molecule has 31 heavy (non-hydrogen) atoms. The number of anilines is 3. The second kappa shape index (κ2) is 6.23. The van der Waals surface area contributed by atoms with E-state index in [2.05, 4.69) is 9.98 Å². The Balaban J connectivity index is 1.39. The molecule has 156 valence electrons. The SMILES string of the molecule is Cc1cc2c(cc1C(=O)N1Cc3c(F)ccc(F)c31)N1C(=[N+]=C1C1CCOC1)C(=O)N2. The highest BCUT2D eigenvalue weighted by molar-refractivity contribution is 6.57. The van der Waals surface area contributed by atoms with E-state index in [4.69, 9.17) is 4.74 Å². The largest absolute Gasteiger partial charge is 0.389 e. The predicted octanol–water partition coefficient (Wildman–Crippen LogP) is 2.11. The van der Waals surface area contributed by atoms with E-state index >= 15 is 0 Å². The molecule has 2 amide bonds. The van der Waals surface area contributed by atoms with Crippen LogP contribution in [0.15, 0.2) is 24.3 Å². The number of benzene rings is 2. The molecule has 4 heterocycles. The lowest BCUT2D eigenvalue weighted by molar-refractivity contribution is -0.110. The van der Waals surface area contributed by atoms with Gasteiger partial charge in [-0.05, 0) is 43.2 Å². The van der Waals surface area contributed by atoms with Crippen molar-refractivity contribution in [1.29, 1.82) is 0 Å². The van der Waals surface area contributed by atoms with Crippen LogP contribution < -0.4 is 19.8 Å². The lowest BCUT2D eigenvalue weighted by Gasteiger charge is -2.35. The van der Waals surface area contributed by atoms with Gasteiger partial charge in [-0.25, -0.2) is 13.4 Å². The van der Waals surface area contributed by atoms with Crippen molar-refractivity contribution < 1.29 is 23.1 Å². The summed E-state index contributed by atoms with van der Waals surface area (Å²) in [5, 5.41) is 2.81. The minimum absolute atomic E-state index is 0.0121. The van der Waals surface area contributed by atoms with Crippen molar-refractivity contribution in [3.63, 3.8) is 0 Å². The zero-order valence-electron chi connectivity index (χ0n) is 16.5. The van der Waals surface area contributed by atoms with Crippen LogP contribution in [0.5, 0.6) is 0 Å². The first kappa shape index (κ1) is 18.2. The Hall–Kier alpha value is -3.55. The normalized spacial score (nSPS) is 20.6. The van der Waals surface area contributed by atoms with Crippen molar-refractivity contribution in [2.75, 3.05) is 28.3 Å². The van der Waals surface area contributed by atoms with Gasteiger partial charge in [0.2, 0.25) is 0 Å². The Labute approximate surface area is 175 Å². The maximum atomic E-state index is 14.3. The van der Waals surface area contributed by atoms with Gasteiger partial charge in [0.05, 0.1) is 30.4 Å². The van der Waals surface area contributed by atoms with Gasteiger partial charge in [-0.15, -0.1) is 0 Å². The molecule has 1 N–H and O–H groups in total. The Kier molecular flexibility index (Phi) is 3.66. The van der Waals surface area contributed by atoms with Crippen LogP contribution in [-0.2, 0) is 16.1 Å². The molecule has 1 atom stereocenters. The van der Waals surface area contributed by atoms with E-state index in [1.165, 1.54) is 4.90 Å². The van der Waals surface area contributed by atoms with Crippen molar-refractivity contribution in [3.8, 4) is 0 Å². The molecule has 0 aliphatic carbocycles. The first-order valence-corrected chi connectivity index (χ1v) is 10.0. The van der Waals surface area contributed by atoms with Crippen LogP contribution >= 0.6 is 0 Å². The third-order valence-corrected chi connectivity index (χ3v) is 6.23. The van der Waals surface area contributed by atoms with E-state index in [-0.39, 0.29) is 35.5 Å². The summed E-state index contributed by atoms with van der Waals surface area (Å²) < 4.78 is 38.0. The van der Waals surface area contributed by atoms with Gasteiger partial charge in [0, 0.05) is 17.7 Å². The summed E-state index contributed by atoms with van der Waals surface area (Å²) in [6.07, 6.45) is 0.812. The number of aryl methyl sites for hydroxylation is 1. The number of nitrogens with zero attached hydrogens (tertiary/aromatic N) is 3. The molecular weight excluding hydrogens is 406 g/mol. The summed E-state index contributed by atoms with van der Waals surface area (Å²) in [7, 11) is 0. The molecule has 2 aromatic carbocycles. The van der Waals surface area contributed by atoms with Crippen molar-refractivity contribution in [2.24, 2.45) is 5.92 Å². The second-order valence-corrected chi connectivity index (χ2v) is 8.08. The topological polar surface area (TPSA) is 76.0 Å². The van der Waals surface area contributed by atoms with Crippen molar-refractivity contribution in [3.05, 3.63) is 52.6 Å². The highest BCUT2D eigenvalue weighted by Crippen LogP contribution is 2.41. The zero-order chi connectivity index (χ0) is 21.4. The first-order valence-electron chi connectivity index (χ1n) is 10.0. The minimum atomic E-state index is -0.632. The Morgan fingerprint density at radius 1 is 1.26 bits per heavy atom. The van der Waals surface area contributed by atoms with Gasteiger partial charge in [-0.2, -0.15) is 4.90 Å². The number of carbonyl (C=O) groups is 2. The van der Waals surface area contributed by atoms with Crippen LogP contribution in [0.1, 0.15) is 27.9 Å². The molecule has 2 aromatic rings. The minimum Gasteiger partial charge on any atom is -0.380 e. The summed E-state index contributed by atoms with van der Waals surface area (Å²) in [6.45, 7) is 2.93. The molecule has 7 nitrogen and oxygen atoms in total. The van der Waals surface area contributed by atoms with E-state index in [0.29, 0.717) is 35.7 Å². The third kappa shape index (κ3) is 2.44. The van der Waals surface area contributed by atoms with E-state index in [9.17, 15) is 18.4 Å². The molecule has 4 aliphatic rings. The van der Waals surface area contributed by atoms with Gasteiger partial charge in [0.1, 0.15) is 17.3 Å². The summed E-state index contributed by atoms with van der Waals surface area (Å²) in [4.78, 5) is 28.7.